The number of hydrogen-bond donors (Lipinski definition) is 1. The molecule has 0 saturated carbocycles. The van der Waals surface area contributed by atoms with Crippen molar-refractivity contribution in [3.8, 4) is 22.6 Å². The van der Waals surface area contributed by atoms with Crippen LogP contribution in [0.25, 0.3) is 22.6 Å². The van der Waals surface area contributed by atoms with Crippen molar-refractivity contribution in [1.29, 1.82) is 0 Å². The zero-order valence-corrected chi connectivity index (χ0v) is 11.8. The van der Waals surface area contributed by atoms with E-state index in [1.54, 1.807) is 0 Å². The van der Waals surface area contributed by atoms with Crippen molar-refractivity contribution in [2.24, 2.45) is 0 Å². The molecular formula is C14H9BrFN3O. The summed E-state index contributed by atoms with van der Waals surface area (Å²) in [7, 11) is 0. The molecule has 0 unspecified atom stereocenters. The van der Waals surface area contributed by atoms with Gasteiger partial charge in [0, 0.05) is 10.0 Å². The fourth-order valence-electron chi connectivity index (χ4n) is 1.91. The van der Waals surface area contributed by atoms with Gasteiger partial charge in [-0.05, 0) is 18.2 Å². The standard InChI is InChI=1S/C14H9BrFN3O/c15-10-4-2-1-3-9(10)12-13(20-19-14(12)17)11-6-5-8(16)7-18-11/h1-7H,(H2,17,19). The number of anilines is 1. The predicted molar refractivity (Wildman–Crippen MR) is 77.2 cm³/mol. The first-order valence-corrected chi connectivity index (χ1v) is 6.58. The van der Waals surface area contributed by atoms with E-state index >= 15 is 0 Å². The Morgan fingerprint density at radius 1 is 1.15 bits per heavy atom. The first kappa shape index (κ1) is 12.8. The molecule has 0 aliphatic heterocycles. The van der Waals surface area contributed by atoms with Gasteiger partial charge in [-0.25, -0.2) is 9.37 Å². The summed E-state index contributed by atoms with van der Waals surface area (Å²) in [4.78, 5) is 4.00. The zero-order chi connectivity index (χ0) is 14.1. The van der Waals surface area contributed by atoms with E-state index in [-0.39, 0.29) is 5.82 Å². The lowest BCUT2D eigenvalue weighted by Gasteiger charge is -2.04. The van der Waals surface area contributed by atoms with Crippen LogP contribution in [0.3, 0.4) is 0 Å². The van der Waals surface area contributed by atoms with Crippen molar-refractivity contribution in [2.45, 2.75) is 0 Å². The molecule has 0 amide bonds. The van der Waals surface area contributed by atoms with Gasteiger partial charge in [0.1, 0.15) is 11.5 Å². The quantitative estimate of drug-likeness (QED) is 0.772. The van der Waals surface area contributed by atoms with Gasteiger partial charge in [-0.3, -0.25) is 0 Å². The Morgan fingerprint density at radius 2 is 1.95 bits per heavy atom. The summed E-state index contributed by atoms with van der Waals surface area (Å²) in [5, 5.41) is 3.78. The Labute approximate surface area is 122 Å². The number of hydrogen-bond acceptors (Lipinski definition) is 4. The van der Waals surface area contributed by atoms with E-state index in [2.05, 4.69) is 26.1 Å². The van der Waals surface area contributed by atoms with Crippen molar-refractivity contribution in [3.63, 3.8) is 0 Å². The van der Waals surface area contributed by atoms with Crippen molar-refractivity contribution in [2.75, 3.05) is 5.73 Å². The molecule has 100 valence electrons. The first-order chi connectivity index (χ1) is 9.66. The summed E-state index contributed by atoms with van der Waals surface area (Å²) in [6.07, 6.45) is 1.12. The molecule has 2 heterocycles. The normalized spacial score (nSPS) is 10.7. The number of halogens is 2. The van der Waals surface area contributed by atoms with E-state index < -0.39 is 5.82 Å². The maximum absolute atomic E-state index is 13.0. The van der Waals surface area contributed by atoms with Gasteiger partial charge < -0.3 is 10.3 Å². The van der Waals surface area contributed by atoms with Crippen LogP contribution in [-0.2, 0) is 0 Å². The lowest BCUT2D eigenvalue weighted by atomic mass is 10.0. The lowest BCUT2D eigenvalue weighted by Crippen LogP contribution is -1.91. The monoisotopic (exact) mass is 333 g/mol. The zero-order valence-electron chi connectivity index (χ0n) is 10.2. The number of aromatic nitrogens is 2. The van der Waals surface area contributed by atoms with E-state index in [0.29, 0.717) is 17.0 Å². The topological polar surface area (TPSA) is 64.9 Å². The highest BCUT2D eigenvalue weighted by Gasteiger charge is 2.20. The lowest BCUT2D eigenvalue weighted by molar-refractivity contribution is 0.434. The number of pyridine rings is 1. The summed E-state index contributed by atoms with van der Waals surface area (Å²) in [5.41, 5.74) is 7.83. The van der Waals surface area contributed by atoms with Gasteiger partial charge in [0.05, 0.1) is 11.8 Å². The first-order valence-electron chi connectivity index (χ1n) is 5.79. The van der Waals surface area contributed by atoms with E-state index in [1.807, 2.05) is 24.3 Å². The molecule has 0 aliphatic carbocycles. The van der Waals surface area contributed by atoms with E-state index in [4.69, 9.17) is 10.3 Å². The van der Waals surface area contributed by atoms with Gasteiger partial charge in [-0.1, -0.05) is 39.3 Å². The molecule has 3 rings (SSSR count). The van der Waals surface area contributed by atoms with Gasteiger partial charge in [-0.15, -0.1) is 0 Å². The van der Waals surface area contributed by atoms with Crippen molar-refractivity contribution in [3.05, 3.63) is 52.9 Å². The maximum atomic E-state index is 13.0. The molecule has 20 heavy (non-hydrogen) atoms. The summed E-state index contributed by atoms with van der Waals surface area (Å²) in [6.45, 7) is 0. The smallest absolute Gasteiger partial charge is 0.195 e. The minimum Gasteiger partial charge on any atom is -0.380 e. The summed E-state index contributed by atoms with van der Waals surface area (Å²) < 4.78 is 19.1. The van der Waals surface area contributed by atoms with Crippen LogP contribution in [0.4, 0.5) is 10.2 Å². The number of rotatable bonds is 2. The Hall–Kier alpha value is -2.21. The van der Waals surface area contributed by atoms with Crippen molar-refractivity contribution >= 4 is 21.7 Å². The molecule has 0 fully saturated rings. The third kappa shape index (κ3) is 2.18. The summed E-state index contributed by atoms with van der Waals surface area (Å²) in [6, 6.07) is 10.4. The largest absolute Gasteiger partial charge is 0.380 e. The maximum Gasteiger partial charge on any atom is 0.195 e. The van der Waals surface area contributed by atoms with Crippen LogP contribution in [-0.4, -0.2) is 10.1 Å². The SMILES string of the molecule is Nc1noc(-c2ccc(F)cn2)c1-c1ccccc1Br. The molecule has 0 saturated heterocycles. The number of benzene rings is 1. The highest BCUT2D eigenvalue weighted by molar-refractivity contribution is 9.10. The molecule has 0 aliphatic rings. The average Bonchev–Trinajstić information content (AvgIpc) is 2.82. The van der Waals surface area contributed by atoms with Gasteiger partial charge in [0.25, 0.3) is 0 Å². The molecular weight excluding hydrogens is 325 g/mol. The molecule has 0 radical (unpaired) electrons. The minimum atomic E-state index is -0.413. The second-order valence-corrected chi connectivity index (χ2v) is 4.97. The predicted octanol–water partition coefficient (Wildman–Crippen LogP) is 3.89. The Bertz CT molecular complexity index is 755. The molecule has 1 aromatic carbocycles. The number of nitrogens with zero attached hydrogens (tertiary/aromatic N) is 2. The highest BCUT2D eigenvalue weighted by atomic mass is 79.9. The van der Waals surface area contributed by atoms with Crippen LogP contribution in [0.1, 0.15) is 0 Å². The Balaban J connectivity index is 2.20. The molecule has 2 N–H and O–H groups in total. The Kier molecular flexibility index (Phi) is 3.23. The number of nitrogens with two attached hydrogens (primary N) is 1. The molecule has 2 aromatic heterocycles. The molecule has 0 bridgehead atoms. The Morgan fingerprint density at radius 3 is 2.65 bits per heavy atom. The van der Waals surface area contributed by atoms with E-state index in [1.165, 1.54) is 12.1 Å². The van der Waals surface area contributed by atoms with Crippen LogP contribution >= 0.6 is 15.9 Å². The van der Waals surface area contributed by atoms with E-state index in [9.17, 15) is 4.39 Å². The van der Waals surface area contributed by atoms with Crippen molar-refractivity contribution in [1.82, 2.24) is 10.1 Å². The molecule has 0 spiro atoms. The van der Waals surface area contributed by atoms with Crippen LogP contribution < -0.4 is 5.73 Å². The molecule has 3 aromatic rings. The summed E-state index contributed by atoms with van der Waals surface area (Å²) in [5.74, 6) is 0.260. The fourth-order valence-corrected chi connectivity index (χ4v) is 2.39. The fraction of sp³-hybridized carbons (Fsp3) is 0. The molecule has 6 heteroatoms. The minimum absolute atomic E-state index is 0.262. The third-order valence-corrected chi connectivity index (χ3v) is 3.51. The third-order valence-electron chi connectivity index (χ3n) is 2.82. The van der Waals surface area contributed by atoms with Gasteiger partial charge in [0.15, 0.2) is 11.6 Å². The van der Waals surface area contributed by atoms with Gasteiger partial charge in [0.2, 0.25) is 0 Å². The summed E-state index contributed by atoms with van der Waals surface area (Å²) >= 11 is 3.46. The van der Waals surface area contributed by atoms with Crippen molar-refractivity contribution < 1.29 is 8.91 Å². The average molecular weight is 334 g/mol. The second-order valence-electron chi connectivity index (χ2n) is 4.11. The van der Waals surface area contributed by atoms with Crippen LogP contribution in [0.2, 0.25) is 0 Å². The molecule has 4 nitrogen and oxygen atoms in total. The van der Waals surface area contributed by atoms with Crippen LogP contribution in [0.5, 0.6) is 0 Å². The van der Waals surface area contributed by atoms with Crippen LogP contribution in [0.15, 0.2) is 51.6 Å². The number of nitrogen functional groups attached to an aromatic ring is 1. The van der Waals surface area contributed by atoms with Crippen LogP contribution in [0, 0.1) is 5.82 Å². The highest BCUT2D eigenvalue weighted by Crippen LogP contribution is 2.39. The van der Waals surface area contributed by atoms with Gasteiger partial charge in [-0.2, -0.15) is 0 Å². The molecule has 0 atom stereocenters. The second kappa shape index (κ2) is 5.05. The van der Waals surface area contributed by atoms with E-state index in [0.717, 1.165) is 16.2 Å². The van der Waals surface area contributed by atoms with Gasteiger partial charge >= 0.3 is 0 Å².